The predicted molar refractivity (Wildman–Crippen MR) is 70.2 cm³/mol. The van der Waals surface area contributed by atoms with Gasteiger partial charge in [0.15, 0.2) is 11.1 Å². The van der Waals surface area contributed by atoms with E-state index < -0.39 is 11.0 Å². The Morgan fingerprint density at radius 1 is 1.32 bits per heavy atom. The fourth-order valence-corrected chi connectivity index (χ4v) is 2.12. The first kappa shape index (κ1) is 11.4. The van der Waals surface area contributed by atoms with Crippen LogP contribution < -0.4 is 11.0 Å². The molecule has 0 saturated heterocycles. The standard InChI is InChI=1S/C12H5ClN4O2/c13-5-1-2-6-7(3-5)15-12(19)10-9(11(6)18)8(4-14)16-17-10/h1-3H,(H,15,19)(H,16,17). The Bertz CT molecular complexity index is 981. The largest absolute Gasteiger partial charge is 0.320 e. The summed E-state index contributed by atoms with van der Waals surface area (Å²) in [5, 5.41) is 15.7. The van der Waals surface area contributed by atoms with Crippen molar-refractivity contribution in [3.05, 3.63) is 49.5 Å². The molecule has 6 nitrogen and oxygen atoms in total. The maximum Gasteiger partial charge on any atom is 0.274 e. The number of halogens is 1. The molecule has 19 heavy (non-hydrogen) atoms. The van der Waals surface area contributed by atoms with Gasteiger partial charge >= 0.3 is 0 Å². The molecule has 0 saturated carbocycles. The molecule has 0 atom stereocenters. The van der Waals surface area contributed by atoms with E-state index in [1.54, 1.807) is 12.1 Å². The summed E-state index contributed by atoms with van der Waals surface area (Å²) in [5.74, 6) is 0. The summed E-state index contributed by atoms with van der Waals surface area (Å²) < 4.78 is 0. The zero-order valence-electron chi connectivity index (χ0n) is 9.32. The molecule has 0 radical (unpaired) electrons. The molecule has 7 heteroatoms. The van der Waals surface area contributed by atoms with Crippen LogP contribution in [0.1, 0.15) is 5.69 Å². The van der Waals surface area contributed by atoms with Gasteiger partial charge in [-0.05, 0) is 18.2 Å². The first-order valence-corrected chi connectivity index (χ1v) is 5.63. The number of rotatable bonds is 0. The minimum Gasteiger partial charge on any atom is -0.320 e. The maximum absolute atomic E-state index is 12.4. The second-order valence-electron chi connectivity index (χ2n) is 3.91. The van der Waals surface area contributed by atoms with Crippen molar-refractivity contribution in [3.63, 3.8) is 0 Å². The van der Waals surface area contributed by atoms with Gasteiger partial charge in [-0.2, -0.15) is 10.4 Å². The van der Waals surface area contributed by atoms with E-state index in [9.17, 15) is 9.59 Å². The fourth-order valence-electron chi connectivity index (χ4n) is 1.95. The highest BCUT2D eigenvalue weighted by Gasteiger charge is 2.13. The smallest absolute Gasteiger partial charge is 0.274 e. The molecule has 3 rings (SSSR count). The first-order chi connectivity index (χ1) is 9.11. The van der Waals surface area contributed by atoms with E-state index in [0.29, 0.717) is 10.5 Å². The highest BCUT2D eigenvalue weighted by molar-refractivity contribution is 6.31. The number of nitrogens with one attached hydrogen (secondary N) is 2. The Labute approximate surface area is 110 Å². The van der Waals surface area contributed by atoms with E-state index in [4.69, 9.17) is 16.9 Å². The van der Waals surface area contributed by atoms with Crippen LogP contribution in [-0.4, -0.2) is 15.2 Å². The molecule has 2 aromatic heterocycles. The van der Waals surface area contributed by atoms with Crippen molar-refractivity contribution in [1.82, 2.24) is 15.2 Å². The van der Waals surface area contributed by atoms with Gasteiger partial charge in [0, 0.05) is 10.4 Å². The molecule has 2 N–H and O–H groups in total. The highest BCUT2D eigenvalue weighted by Crippen LogP contribution is 2.15. The number of hydrogen-bond donors (Lipinski definition) is 2. The van der Waals surface area contributed by atoms with Crippen molar-refractivity contribution in [3.8, 4) is 6.07 Å². The van der Waals surface area contributed by atoms with E-state index in [1.165, 1.54) is 12.1 Å². The molecule has 0 fully saturated rings. The van der Waals surface area contributed by atoms with Crippen molar-refractivity contribution >= 4 is 33.4 Å². The second-order valence-corrected chi connectivity index (χ2v) is 4.34. The zero-order valence-corrected chi connectivity index (χ0v) is 10.1. The van der Waals surface area contributed by atoms with Gasteiger partial charge in [0.2, 0.25) is 0 Å². The van der Waals surface area contributed by atoms with Crippen molar-refractivity contribution in [2.75, 3.05) is 0 Å². The van der Waals surface area contributed by atoms with Crippen LogP contribution in [0.25, 0.3) is 21.8 Å². The molecule has 2 heterocycles. The quantitative estimate of drug-likeness (QED) is 0.643. The average Bonchev–Trinajstić information content (AvgIpc) is 2.78. The molecule has 0 spiro atoms. The van der Waals surface area contributed by atoms with Gasteiger partial charge in [-0.25, -0.2) is 0 Å². The van der Waals surface area contributed by atoms with Crippen LogP contribution in [0, 0.1) is 11.3 Å². The molecular weight excluding hydrogens is 268 g/mol. The Kier molecular flexibility index (Phi) is 2.37. The van der Waals surface area contributed by atoms with Crippen molar-refractivity contribution in [1.29, 1.82) is 5.26 Å². The second kappa shape index (κ2) is 3.93. The van der Waals surface area contributed by atoms with Gasteiger partial charge < -0.3 is 4.98 Å². The van der Waals surface area contributed by atoms with Gasteiger partial charge in [0.1, 0.15) is 11.6 Å². The first-order valence-electron chi connectivity index (χ1n) is 5.26. The number of aromatic amines is 2. The minimum atomic E-state index is -0.529. The van der Waals surface area contributed by atoms with Crippen LogP contribution >= 0.6 is 11.6 Å². The monoisotopic (exact) mass is 272 g/mol. The van der Waals surface area contributed by atoms with Crippen LogP contribution in [0.15, 0.2) is 27.8 Å². The third-order valence-corrected chi connectivity index (χ3v) is 3.04. The molecule has 92 valence electrons. The van der Waals surface area contributed by atoms with E-state index in [-0.39, 0.29) is 22.0 Å². The molecule has 0 bridgehead atoms. The third-order valence-electron chi connectivity index (χ3n) is 2.80. The molecule has 0 aliphatic carbocycles. The molecular formula is C12H5ClN4O2. The summed E-state index contributed by atoms with van der Waals surface area (Å²) in [5.41, 5.74) is -0.772. The topological polar surface area (TPSA) is 102 Å². The van der Waals surface area contributed by atoms with Gasteiger partial charge in [-0.3, -0.25) is 14.7 Å². The predicted octanol–water partition coefficient (Wildman–Crippen LogP) is 1.29. The number of hydrogen-bond acceptors (Lipinski definition) is 4. The van der Waals surface area contributed by atoms with Crippen LogP contribution in [-0.2, 0) is 0 Å². The molecule has 0 aliphatic rings. The summed E-state index contributed by atoms with van der Waals surface area (Å²) in [4.78, 5) is 26.9. The maximum atomic E-state index is 12.4. The number of nitriles is 1. The lowest BCUT2D eigenvalue weighted by Gasteiger charge is -1.92. The Hall–Kier alpha value is -2.65. The van der Waals surface area contributed by atoms with Crippen molar-refractivity contribution in [2.45, 2.75) is 0 Å². The van der Waals surface area contributed by atoms with E-state index >= 15 is 0 Å². The normalized spacial score (nSPS) is 10.7. The zero-order chi connectivity index (χ0) is 13.6. The van der Waals surface area contributed by atoms with Gasteiger partial charge in [0.05, 0.1) is 10.9 Å². The molecule has 0 unspecified atom stereocenters. The average molecular weight is 273 g/mol. The summed E-state index contributed by atoms with van der Waals surface area (Å²) in [6, 6.07) is 6.32. The molecule has 0 aliphatic heterocycles. The SMILES string of the molecule is N#Cc1n[nH]c2c(=O)[nH]c3cc(Cl)ccc3c(=O)c12. The lowest BCUT2D eigenvalue weighted by atomic mass is 10.2. The lowest BCUT2D eigenvalue weighted by molar-refractivity contribution is 1.09. The number of H-pyrrole nitrogens is 2. The highest BCUT2D eigenvalue weighted by atomic mass is 35.5. The summed E-state index contributed by atoms with van der Waals surface area (Å²) in [6.45, 7) is 0. The molecule has 3 aromatic rings. The summed E-state index contributed by atoms with van der Waals surface area (Å²) in [6.07, 6.45) is 0. The Morgan fingerprint density at radius 2 is 2.11 bits per heavy atom. The van der Waals surface area contributed by atoms with Crippen LogP contribution in [0.5, 0.6) is 0 Å². The van der Waals surface area contributed by atoms with E-state index in [2.05, 4.69) is 15.2 Å². The summed E-state index contributed by atoms with van der Waals surface area (Å²) in [7, 11) is 0. The van der Waals surface area contributed by atoms with Crippen LogP contribution in [0.3, 0.4) is 0 Å². The van der Waals surface area contributed by atoms with Crippen LogP contribution in [0.2, 0.25) is 5.02 Å². The molecule has 0 amide bonds. The van der Waals surface area contributed by atoms with Crippen molar-refractivity contribution < 1.29 is 0 Å². The van der Waals surface area contributed by atoms with E-state index in [1.807, 2.05) is 0 Å². The molecule has 1 aromatic carbocycles. The third kappa shape index (κ3) is 1.60. The number of benzene rings is 1. The fraction of sp³-hybridized carbons (Fsp3) is 0. The minimum absolute atomic E-state index is 0.0129. The van der Waals surface area contributed by atoms with Crippen molar-refractivity contribution in [2.24, 2.45) is 0 Å². The van der Waals surface area contributed by atoms with Gasteiger partial charge in [-0.15, -0.1) is 0 Å². The van der Waals surface area contributed by atoms with E-state index in [0.717, 1.165) is 0 Å². The number of fused-ring (bicyclic) bond motifs is 2. The van der Waals surface area contributed by atoms with Gasteiger partial charge in [-0.1, -0.05) is 11.6 Å². The van der Waals surface area contributed by atoms with Gasteiger partial charge in [0.25, 0.3) is 5.56 Å². The number of aromatic nitrogens is 3. The number of nitrogens with zero attached hydrogens (tertiary/aromatic N) is 2. The Morgan fingerprint density at radius 3 is 2.84 bits per heavy atom. The Balaban J connectivity index is 2.74. The lowest BCUT2D eigenvalue weighted by Crippen LogP contribution is -2.03. The van der Waals surface area contributed by atoms with Crippen LogP contribution in [0.4, 0.5) is 0 Å². The summed E-state index contributed by atoms with van der Waals surface area (Å²) >= 11 is 5.83.